The van der Waals surface area contributed by atoms with Crippen LogP contribution in [0.15, 0.2) is 27.8 Å². The molecule has 0 fully saturated rings. The first-order chi connectivity index (χ1) is 19.5. The average molecular weight is 589 g/mol. The monoisotopic (exact) mass is 588 g/mol. The van der Waals surface area contributed by atoms with Crippen molar-refractivity contribution in [1.29, 1.82) is 5.26 Å². The van der Waals surface area contributed by atoms with Crippen LogP contribution in [-0.4, -0.2) is 59.3 Å². The van der Waals surface area contributed by atoms with Crippen molar-refractivity contribution in [2.75, 3.05) is 27.4 Å². The number of fused-ring (bicyclic) bond motifs is 1. The molecule has 3 aromatic rings. The summed E-state index contributed by atoms with van der Waals surface area (Å²) in [6.45, 7) is 6.12. The Kier molecular flexibility index (Phi) is 10.4. The molecule has 0 aliphatic carbocycles. The number of rotatable bonds is 12. The molecular weight excluding hydrogens is 555 g/mol. The standard InChI is InChI=1S/C28H33FN4O7S/c1-7-39-27(36)24-17(4)23-25(35)32(15-22(34)31(5)16(2)3)28(37)33(26(23)41-24)14-21(40-12-8-11-30)19-13-18(29)9-10-20(19)38-6/h9-10,13,16,21H,7-8,12,14-15H2,1-6H3. The summed E-state index contributed by atoms with van der Waals surface area (Å²) in [4.78, 5) is 55.0. The lowest BCUT2D eigenvalue weighted by Gasteiger charge is -2.23. The molecule has 11 nitrogen and oxygen atoms in total. The molecule has 220 valence electrons. The maximum Gasteiger partial charge on any atom is 0.348 e. The molecule has 0 aliphatic rings. The Balaban J connectivity index is 2.31. The average Bonchev–Trinajstić information content (AvgIpc) is 3.28. The van der Waals surface area contributed by atoms with Crippen LogP contribution in [0.5, 0.6) is 5.75 Å². The van der Waals surface area contributed by atoms with Gasteiger partial charge in [0.15, 0.2) is 0 Å². The van der Waals surface area contributed by atoms with Gasteiger partial charge in [0.25, 0.3) is 5.56 Å². The van der Waals surface area contributed by atoms with E-state index in [-0.39, 0.29) is 58.6 Å². The molecular formula is C28H33FN4O7S. The number of hydrogen-bond acceptors (Lipinski definition) is 9. The molecule has 41 heavy (non-hydrogen) atoms. The van der Waals surface area contributed by atoms with Crippen molar-refractivity contribution < 1.29 is 28.2 Å². The van der Waals surface area contributed by atoms with Crippen molar-refractivity contribution in [1.82, 2.24) is 14.0 Å². The smallest absolute Gasteiger partial charge is 0.348 e. The van der Waals surface area contributed by atoms with Gasteiger partial charge in [-0.1, -0.05) is 0 Å². The van der Waals surface area contributed by atoms with Gasteiger partial charge in [-0.3, -0.25) is 18.7 Å². The number of nitriles is 1. The van der Waals surface area contributed by atoms with Gasteiger partial charge in [0.1, 0.15) is 33.9 Å². The van der Waals surface area contributed by atoms with E-state index in [9.17, 15) is 23.6 Å². The van der Waals surface area contributed by atoms with Gasteiger partial charge in [-0.15, -0.1) is 11.3 Å². The molecule has 1 unspecified atom stereocenters. The van der Waals surface area contributed by atoms with Crippen LogP contribution in [0.3, 0.4) is 0 Å². The minimum Gasteiger partial charge on any atom is -0.496 e. The molecule has 1 aromatic carbocycles. The van der Waals surface area contributed by atoms with Crippen LogP contribution in [0.2, 0.25) is 0 Å². The van der Waals surface area contributed by atoms with Crippen LogP contribution in [0.4, 0.5) is 4.39 Å². The highest BCUT2D eigenvalue weighted by molar-refractivity contribution is 7.20. The molecule has 0 bridgehead atoms. The lowest BCUT2D eigenvalue weighted by Crippen LogP contribution is -2.45. The number of nitrogens with zero attached hydrogens (tertiary/aromatic N) is 4. The number of benzene rings is 1. The van der Waals surface area contributed by atoms with Gasteiger partial charge < -0.3 is 19.1 Å². The van der Waals surface area contributed by atoms with Crippen LogP contribution < -0.4 is 16.0 Å². The summed E-state index contributed by atoms with van der Waals surface area (Å²) in [6, 6.07) is 5.63. The third kappa shape index (κ3) is 6.66. The predicted octanol–water partition coefficient (Wildman–Crippen LogP) is 3.40. The molecule has 0 saturated heterocycles. The van der Waals surface area contributed by atoms with Crippen LogP contribution >= 0.6 is 11.3 Å². The number of hydrogen-bond donors (Lipinski definition) is 0. The Labute approximate surface area is 240 Å². The first-order valence-corrected chi connectivity index (χ1v) is 13.8. The molecule has 2 aromatic heterocycles. The van der Waals surface area contributed by atoms with Crippen molar-refractivity contribution in [3.05, 3.63) is 60.9 Å². The number of esters is 1. The predicted molar refractivity (Wildman–Crippen MR) is 151 cm³/mol. The molecule has 1 atom stereocenters. The Hall–Kier alpha value is -4.02. The number of carbonyl (C=O) groups is 2. The molecule has 0 spiro atoms. The van der Waals surface area contributed by atoms with E-state index in [1.165, 1.54) is 34.8 Å². The Morgan fingerprint density at radius 2 is 1.93 bits per heavy atom. The van der Waals surface area contributed by atoms with E-state index < -0.39 is 41.6 Å². The SMILES string of the molecule is CCOC(=O)c1sc2c(c1C)c(=O)n(CC(=O)N(C)C(C)C)c(=O)n2CC(OCCC#N)c1cc(F)ccc1OC. The van der Waals surface area contributed by atoms with Crippen molar-refractivity contribution in [2.24, 2.45) is 0 Å². The van der Waals surface area contributed by atoms with Crippen LogP contribution in [0.25, 0.3) is 10.2 Å². The molecule has 0 radical (unpaired) electrons. The van der Waals surface area contributed by atoms with E-state index in [0.29, 0.717) is 5.56 Å². The molecule has 0 aliphatic heterocycles. The number of likely N-dealkylation sites (N-methyl/N-ethyl adjacent to an activating group) is 1. The summed E-state index contributed by atoms with van der Waals surface area (Å²) in [5.74, 6) is -1.40. The van der Waals surface area contributed by atoms with Gasteiger partial charge in [-0.2, -0.15) is 5.26 Å². The quantitative estimate of drug-likeness (QED) is 0.232. The van der Waals surface area contributed by atoms with Crippen LogP contribution in [0, 0.1) is 24.1 Å². The zero-order valence-corrected chi connectivity index (χ0v) is 24.7. The van der Waals surface area contributed by atoms with Gasteiger partial charge in [-0.25, -0.2) is 14.0 Å². The molecule has 0 N–H and O–H groups in total. The van der Waals surface area contributed by atoms with Crippen LogP contribution in [0.1, 0.15) is 54.1 Å². The summed E-state index contributed by atoms with van der Waals surface area (Å²) in [7, 11) is 2.97. The van der Waals surface area contributed by atoms with Gasteiger partial charge >= 0.3 is 11.7 Å². The fourth-order valence-corrected chi connectivity index (χ4v) is 5.43. The van der Waals surface area contributed by atoms with Gasteiger partial charge in [0.05, 0.1) is 44.7 Å². The van der Waals surface area contributed by atoms with Crippen LogP contribution in [-0.2, 0) is 27.4 Å². The second-order valence-electron chi connectivity index (χ2n) is 9.49. The maximum atomic E-state index is 14.4. The lowest BCUT2D eigenvalue weighted by atomic mass is 10.1. The normalized spacial score (nSPS) is 11.9. The minimum atomic E-state index is -0.997. The summed E-state index contributed by atoms with van der Waals surface area (Å²) in [6.07, 6.45) is -0.970. The largest absolute Gasteiger partial charge is 0.496 e. The van der Waals surface area contributed by atoms with E-state index >= 15 is 0 Å². The second kappa shape index (κ2) is 13.6. The highest BCUT2D eigenvalue weighted by Crippen LogP contribution is 2.33. The molecule has 13 heteroatoms. The number of methoxy groups -OCH3 is 1. The van der Waals surface area contributed by atoms with Gasteiger partial charge in [0, 0.05) is 18.7 Å². The third-order valence-electron chi connectivity index (χ3n) is 6.64. The summed E-state index contributed by atoms with van der Waals surface area (Å²) >= 11 is 0.911. The van der Waals surface area contributed by atoms with Crippen molar-refractivity contribution in [3.63, 3.8) is 0 Å². The number of aryl methyl sites for hydroxylation is 1. The van der Waals surface area contributed by atoms with Crippen molar-refractivity contribution in [3.8, 4) is 11.8 Å². The fraction of sp³-hybridized carbons (Fsp3) is 0.464. The summed E-state index contributed by atoms with van der Waals surface area (Å²) < 4.78 is 32.9. The fourth-order valence-electron chi connectivity index (χ4n) is 4.23. The topological polar surface area (TPSA) is 133 Å². The number of amides is 1. The maximum absolute atomic E-state index is 14.4. The Morgan fingerprint density at radius 1 is 1.22 bits per heavy atom. The van der Waals surface area contributed by atoms with Crippen molar-refractivity contribution in [2.45, 2.75) is 59.4 Å². The highest BCUT2D eigenvalue weighted by atomic mass is 32.1. The lowest BCUT2D eigenvalue weighted by molar-refractivity contribution is -0.132. The van der Waals surface area contributed by atoms with E-state index in [1.54, 1.807) is 34.7 Å². The van der Waals surface area contributed by atoms with Crippen molar-refractivity contribution >= 4 is 33.4 Å². The molecule has 1 amide bonds. The Bertz CT molecular complexity index is 1600. The zero-order chi connectivity index (χ0) is 30.4. The van der Waals surface area contributed by atoms with E-state index in [4.69, 9.17) is 19.5 Å². The van der Waals surface area contributed by atoms with E-state index in [2.05, 4.69) is 0 Å². The number of aromatic nitrogens is 2. The van der Waals surface area contributed by atoms with Gasteiger partial charge in [-0.05, 0) is 51.5 Å². The first kappa shape index (κ1) is 31.5. The van der Waals surface area contributed by atoms with E-state index in [0.717, 1.165) is 15.9 Å². The van der Waals surface area contributed by atoms with E-state index in [1.807, 2.05) is 6.07 Å². The number of carbonyl (C=O) groups excluding carboxylic acids is 2. The molecule has 0 saturated carbocycles. The second-order valence-corrected chi connectivity index (χ2v) is 10.5. The summed E-state index contributed by atoms with van der Waals surface area (Å²) in [5, 5.41) is 9.13. The number of ether oxygens (including phenoxy) is 3. The minimum absolute atomic E-state index is 0.0269. The van der Waals surface area contributed by atoms with Gasteiger partial charge in [0.2, 0.25) is 5.91 Å². The molecule has 2 heterocycles. The Morgan fingerprint density at radius 3 is 2.54 bits per heavy atom. The molecule has 3 rings (SSSR count). The zero-order valence-electron chi connectivity index (χ0n) is 23.9. The number of thiophene rings is 1. The highest BCUT2D eigenvalue weighted by Gasteiger charge is 2.28. The number of halogens is 1. The summed E-state index contributed by atoms with van der Waals surface area (Å²) in [5.41, 5.74) is -0.945. The first-order valence-electron chi connectivity index (χ1n) is 13.0. The third-order valence-corrected chi connectivity index (χ3v) is 7.93.